The van der Waals surface area contributed by atoms with Gasteiger partial charge in [0, 0.05) is 29.1 Å². The first-order chi connectivity index (χ1) is 10.4. The van der Waals surface area contributed by atoms with Crippen molar-refractivity contribution in [2.45, 2.75) is 18.3 Å². The summed E-state index contributed by atoms with van der Waals surface area (Å²) >= 11 is 0. The largest absolute Gasteiger partial charge is 0.361 e. The molecule has 2 N–H and O–H groups in total. The number of benzene rings is 2. The highest BCUT2D eigenvalue weighted by molar-refractivity contribution is 5.85. The molecule has 2 nitrogen and oxygen atoms in total. The van der Waals surface area contributed by atoms with Crippen molar-refractivity contribution in [3.63, 3.8) is 0 Å². The third kappa shape index (κ3) is 2.53. The van der Waals surface area contributed by atoms with E-state index in [-0.39, 0.29) is 17.8 Å². The summed E-state index contributed by atoms with van der Waals surface area (Å²) in [6, 6.07) is 19.5. The molecule has 0 bridgehead atoms. The molecule has 0 saturated carbocycles. The van der Waals surface area contributed by atoms with E-state index in [0.29, 0.717) is 0 Å². The molecule has 1 unspecified atom stereocenters. The summed E-state index contributed by atoms with van der Waals surface area (Å²) in [5.74, 6) is 0. The van der Waals surface area contributed by atoms with Gasteiger partial charge in [0.05, 0.1) is 0 Å². The van der Waals surface area contributed by atoms with Gasteiger partial charge >= 0.3 is 0 Å². The molecule has 1 atom stereocenters. The van der Waals surface area contributed by atoms with Crippen molar-refractivity contribution in [2.24, 2.45) is 0 Å². The van der Waals surface area contributed by atoms with Crippen LogP contribution in [-0.4, -0.2) is 18.1 Å². The van der Waals surface area contributed by atoms with Crippen LogP contribution in [0.3, 0.4) is 0 Å². The number of para-hydroxylation sites is 1. The summed E-state index contributed by atoms with van der Waals surface area (Å²) in [7, 11) is 0. The molecular formula is C19H21ClN2. The number of nitrogens with one attached hydrogen (secondary N) is 2. The van der Waals surface area contributed by atoms with E-state index < -0.39 is 0 Å². The Bertz CT molecular complexity index is 742. The first kappa shape index (κ1) is 15.1. The number of halogens is 1. The molecule has 1 aliphatic heterocycles. The number of hydrogen-bond acceptors (Lipinski definition) is 1. The monoisotopic (exact) mass is 312 g/mol. The number of fused-ring (bicyclic) bond motifs is 1. The first-order valence-corrected chi connectivity index (χ1v) is 7.69. The predicted molar refractivity (Wildman–Crippen MR) is 94.9 cm³/mol. The van der Waals surface area contributed by atoms with Gasteiger partial charge in [-0.3, -0.25) is 0 Å². The van der Waals surface area contributed by atoms with E-state index in [4.69, 9.17) is 0 Å². The lowest BCUT2D eigenvalue weighted by molar-refractivity contribution is 0.471. The minimum absolute atomic E-state index is 0. The van der Waals surface area contributed by atoms with Crippen molar-refractivity contribution >= 4 is 23.3 Å². The number of aromatic amines is 1. The Morgan fingerprint density at radius 3 is 2.50 bits per heavy atom. The normalized spacial score (nSPS) is 20.9. The van der Waals surface area contributed by atoms with Crippen LogP contribution in [0.1, 0.15) is 17.5 Å². The Kier molecular flexibility index (Phi) is 4.23. The van der Waals surface area contributed by atoms with Crippen LogP contribution in [0.5, 0.6) is 0 Å². The zero-order valence-electron chi connectivity index (χ0n) is 12.5. The molecule has 3 heteroatoms. The van der Waals surface area contributed by atoms with Crippen molar-refractivity contribution < 1.29 is 0 Å². The molecule has 114 valence electrons. The molecule has 2 aromatic carbocycles. The maximum absolute atomic E-state index is 3.57. The molecule has 0 spiro atoms. The van der Waals surface area contributed by atoms with Crippen LogP contribution in [0.2, 0.25) is 0 Å². The maximum atomic E-state index is 3.57. The fourth-order valence-electron chi connectivity index (χ4n) is 3.72. The second-order valence-corrected chi connectivity index (χ2v) is 6.12. The summed E-state index contributed by atoms with van der Waals surface area (Å²) in [5, 5.41) is 4.94. The number of H-pyrrole nitrogens is 1. The molecule has 0 radical (unpaired) electrons. The SMILES string of the molecule is Cl.c1ccc(CC2(c3c[nH]c4ccccc34)CCNC2)cc1. The van der Waals surface area contributed by atoms with Crippen LogP contribution in [-0.2, 0) is 11.8 Å². The van der Waals surface area contributed by atoms with Gasteiger partial charge in [0.15, 0.2) is 0 Å². The molecule has 1 saturated heterocycles. The van der Waals surface area contributed by atoms with E-state index in [1.807, 2.05) is 0 Å². The zero-order valence-corrected chi connectivity index (χ0v) is 13.3. The van der Waals surface area contributed by atoms with E-state index >= 15 is 0 Å². The van der Waals surface area contributed by atoms with Gasteiger partial charge in [-0.2, -0.15) is 0 Å². The fourth-order valence-corrected chi connectivity index (χ4v) is 3.72. The number of hydrogen-bond donors (Lipinski definition) is 2. The summed E-state index contributed by atoms with van der Waals surface area (Å²) in [6.45, 7) is 2.16. The molecule has 22 heavy (non-hydrogen) atoms. The molecule has 1 aliphatic rings. The van der Waals surface area contributed by atoms with Crippen molar-refractivity contribution in [2.75, 3.05) is 13.1 Å². The zero-order chi connectivity index (χ0) is 14.1. The van der Waals surface area contributed by atoms with Crippen LogP contribution >= 0.6 is 12.4 Å². The topological polar surface area (TPSA) is 27.8 Å². The van der Waals surface area contributed by atoms with Crippen LogP contribution in [0.15, 0.2) is 60.8 Å². The average Bonchev–Trinajstić information content (AvgIpc) is 3.15. The van der Waals surface area contributed by atoms with Gasteiger partial charge in [-0.25, -0.2) is 0 Å². The van der Waals surface area contributed by atoms with Gasteiger partial charge in [-0.05, 0) is 36.6 Å². The van der Waals surface area contributed by atoms with Gasteiger partial charge in [0.25, 0.3) is 0 Å². The van der Waals surface area contributed by atoms with Crippen molar-refractivity contribution in [1.29, 1.82) is 0 Å². The maximum Gasteiger partial charge on any atom is 0.0457 e. The third-order valence-corrected chi connectivity index (χ3v) is 4.79. The Labute approximate surface area is 137 Å². The van der Waals surface area contributed by atoms with E-state index in [9.17, 15) is 0 Å². The Balaban J connectivity index is 0.00000144. The van der Waals surface area contributed by atoms with Gasteiger partial charge in [0.2, 0.25) is 0 Å². The highest BCUT2D eigenvalue weighted by atomic mass is 35.5. The Hall–Kier alpha value is -1.77. The van der Waals surface area contributed by atoms with E-state index in [0.717, 1.165) is 19.5 Å². The van der Waals surface area contributed by atoms with Gasteiger partial charge < -0.3 is 10.3 Å². The molecule has 1 fully saturated rings. The molecule has 3 aromatic rings. The second kappa shape index (κ2) is 6.15. The molecule has 0 aliphatic carbocycles. The smallest absolute Gasteiger partial charge is 0.0457 e. The van der Waals surface area contributed by atoms with Gasteiger partial charge in [-0.15, -0.1) is 12.4 Å². The second-order valence-electron chi connectivity index (χ2n) is 6.12. The van der Waals surface area contributed by atoms with Crippen LogP contribution in [0.4, 0.5) is 0 Å². The van der Waals surface area contributed by atoms with Crippen LogP contribution in [0, 0.1) is 0 Å². The lowest BCUT2D eigenvalue weighted by atomic mass is 9.75. The standard InChI is InChI=1S/C19H20N2.ClH/c1-2-6-15(7-3-1)12-19(10-11-20-14-19)17-13-21-18-9-5-4-8-16(17)18;/h1-9,13,20-21H,10-12,14H2;1H. The summed E-state index contributed by atoms with van der Waals surface area (Å²) < 4.78 is 0. The fraction of sp³-hybridized carbons (Fsp3) is 0.263. The van der Waals surface area contributed by atoms with Gasteiger partial charge in [-0.1, -0.05) is 48.5 Å². The van der Waals surface area contributed by atoms with E-state index in [2.05, 4.69) is 71.1 Å². The van der Waals surface area contributed by atoms with Crippen LogP contribution in [0.25, 0.3) is 10.9 Å². The molecule has 0 amide bonds. The Morgan fingerprint density at radius 1 is 0.955 bits per heavy atom. The molecule has 2 heterocycles. The minimum Gasteiger partial charge on any atom is -0.361 e. The summed E-state index contributed by atoms with van der Waals surface area (Å²) in [4.78, 5) is 3.45. The molecule has 4 rings (SSSR count). The quantitative estimate of drug-likeness (QED) is 0.750. The Morgan fingerprint density at radius 2 is 1.73 bits per heavy atom. The average molecular weight is 313 g/mol. The lowest BCUT2D eigenvalue weighted by Crippen LogP contribution is -2.31. The lowest BCUT2D eigenvalue weighted by Gasteiger charge is -2.28. The van der Waals surface area contributed by atoms with Crippen LogP contribution < -0.4 is 5.32 Å². The predicted octanol–water partition coefficient (Wildman–Crippen LogP) is 4.06. The van der Waals surface area contributed by atoms with Crippen molar-refractivity contribution in [3.05, 3.63) is 71.9 Å². The molecular weight excluding hydrogens is 292 g/mol. The third-order valence-electron chi connectivity index (χ3n) is 4.79. The minimum atomic E-state index is 0. The van der Waals surface area contributed by atoms with E-state index in [1.54, 1.807) is 0 Å². The highest BCUT2D eigenvalue weighted by Crippen LogP contribution is 2.38. The highest BCUT2D eigenvalue weighted by Gasteiger charge is 2.37. The summed E-state index contributed by atoms with van der Waals surface area (Å²) in [5.41, 5.74) is 4.34. The number of rotatable bonds is 3. The number of aromatic nitrogens is 1. The van der Waals surface area contributed by atoms with Crippen molar-refractivity contribution in [1.82, 2.24) is 10.3 Å². The summed E-state index contributed by atoms with van der Waals surface area (Å²) in [6.07, 6.45) is 4.52. The molecule has 1 aromatic heterocycles. The van der Waals surface area contributed by atoms with E-state index in [1.165, 1.54) is 28.5 Å². The van der Waals surface area contributed by atoms with Crippen molar-refractivity contribution in [3.8, 4) is 0 Å². The van der Waals surface area contributed by atoms with Gasteiger partial charge in [0.1, 0.15) is 0 Å². The first-order valence-electron chi connectivity index (χ1n) is 7.69.